The zero-order valence-corrected chi connectivity index (χ0v) is 16.9. The maximum atomic E-state index is 12.9. The predicted molar refractivity (Wildman–Crippen MR) is 111 cm³/mol. The number of hydrogen-bond acceptors (Lipinski definition) is 6. The second-order valence-corrected chi connectivity index (χ2v) is 6.92. The molecule has 1 unspecified atom stereocenters. The molecule has 9 nitrogen and oxygen atoms in total. The average molecular weight is 410 g/mol. The molecule has 1 atom stereocenters. The van der Waals surface area contributed by atoms with Crippen LogP contribution in [-0.2, 0) is 9.59 Å². The number of carbonyl (C=O) groups is 2. The number of fused-ring (bicyclic) bond motifs is 1. The molecule has 156 valence electrons. The van der Waals surface area contributed by atoms with Gasteiger partial charge in [0.2, 0.25) is 17.6 Å². The van der Waals surface area contributed by atoms with Crippen molar-refractivity contribution in [3.8, 4) is 17.2 Å². The number of amides is 2. The van der Waals surface area contributed by atoms with E-state index >= 15 is 0 Å². The van der Waals surface area contributed by atoms with Crippen LogP contribution in [0.4, 0.5) is 11.4 Å². The van der Waals surface area contributed by atoms with Crippen molar-refractivity contribution in [3.63, 3.8) is 0 Å². The van der Waals surface area contributed by atoms with Gasteiger partial charge in [-0.2, -0.15) is 5.10 Å². The molecule has 0 radical (unpaired) electrons. The van der Waals surface area contributed by atoms with Gasteiger partial charge in [0.25, 0.3) is 0 Å². The van der Waals surface area contributed by atoms with Gasteiger partial charge in [0, 0.05) is 30.5 Å². The number of ether oxygens (including phenoxy) is 3. The van der Waals surface area contributed by atoms with Gasteiger partial charge >= 0.3 is 0 Å². The van der Waals surface area contributed by atoms with Crippen LogP contribution >= 0.6 is 0 Å². The highest BCUT2D eigenvalue weighted by Crippen LogP contribution is 2.42. The molecule has 0 aliphatic carbocycles. The Hall–Kier alpha value is -3.75. The summed E-state index contributed by atoms with van der Waals surface area (Å²) in [7, 11) is 4.54. The fourth-order valence-electron chi connectivity index (χ4n) is 3.66. The van der Waals surface area contributed by atoms with Crippen LogP contribution in [0, 0.1) is 5.92 Å². The molecule has 4 rings (SSSR count). The molecule has 2 N–H and O–H groups in total. The lowest BCUT2D eigenvalue weighted by Gasteiger charge is -2.20. The van der Waals surface area contributed by atoms with E-state index in [2.05, 4.69) is 15.5 Å². The molecule has 1 fully saturated rings. The number of para-hydroxylation sites is 1. The van der Waals surface area contributed by atoms with Gasteiger partial charge in [-0.3, -0.25) is 14.7 Å². The zero-order valence-electron chi connectivity index (χ0n) is 16.9. The minimum atomic E-state index is -0.491. The summed E-state index contributed by atoms with van der Waals surface area (Å²) in [5.41, 5.74) is 1.96. The highest BCUT2D eigenvalue weighted by atomic mass is 16.5. The maximum absolute atomic E-state index is 12.9. The number of benzene rings is 2. The molecule has 30 heavy (non-hydrogen) atoms. The predicted octanol–water partition coefficient (Wildman–Crippen LogP) is 2.58. The number of aromatic nitrogens is 2. The average Bonchev–Trinajstić information content (AvgIpc) is 3.39. The Balaban J connectivity index is 1.55. The lowest BCUT2D eigenvalue weighted by atomic mass is 10.1. The summed E-state index contributed by atoms with van der Waals surface area (Å²) in [6.07, 6.45) is 1.80. The van der Waals surface area contributed by atoms with Crippen molar-refractivity contribution in [2.45, 2.75) is 6.42 Å². The van der Waals surface area contributed by atoms with Gasteiger partial charge in [0.05, 0.1) is 50.3 Å². The van der Waals surface area contributed by atoms with Crippen molar-refractivity contribution in [2.24, 2.45) is 5.92 Å². The maximum Gasteiger partial charge on any atom is 0.229 e. The highest BCUT2D eigenvalue weighted by Gasteiger charge is 2.36. The molecule has 2 amide bonds. The summed E-state index contributed by atoms with van der Waals surface area (Å²) < 4.78 is 16.1. The summed E-state index contributed by atoms with van der Waals surface area (Å²) in [5, 5.41) is 10.7. The van der Waals surface area contributed by atoms with Crippen LogP contribution < -0.4 is 24.4 Å². The summed E-state index contributed by atoms with van der Waals surface area (Å²) in [6, 6.07) is 8.94. The molecule has 1 saturated heterocycles. The second-order valence-electron chi connectivity index (χ2n) is 6.92. The van der Waals surface area contributed by atoms with E-state index in [1.165, 1.54) is 21.3 Å². The fraction of sp³-hybridized carbons (Fsp3) is 0.286. The molecule has 2 aromatic carbocycles. The zero-order chi connectivity index (χ0) is 21.3. The molecular weight excluding hydrogens is 388 g/mol. The van der Waals surface area contributed by atoms with Crippen LogP contribution in [-0.4, -0.2) is 49.9 Å². The molecule has 1 aliphatic rings. The molecule has 1 aliphatic heterocycles. The molecule has 0 saturated carbocycles. The Bertz CT molecular complexity index is 1080. The standard InChI is InChI=1S/C21H22N4O5/c1-28-16-8-14(9-17(29-2)20(16)30-3)25-11-13(7-18(25)26)21(27)23-15-6-4-5-12-10-22-24-19(12)15/h4-6,8-10,13H,7,11H2,1-3H3,(H,22,24)(H,23,27). The van der Waals surface area contributed by atoms with Crippen molar-refractivity contribution in [3.05, 3.63) is 36.5 Å². The first kappa shape index (κ1) is 19.6. The molecule has 1 aromatic heterocycles. The van der Waals surface area contributed by atoms with Gasteiger partial charge in [0.15, 0.2) is 11.5 Å². The van der Waals surface area contributed by atoms with Gasteiger partial charge in [0.1, 0.15) is 0 Å². The minimum Gasteiger partial charge on any atom is -0.493 e. The second kappa shape index (κ2) is 7.94. The number of nitrogens with zero attached hydrogens (tertiary/aromatic N) is 2. The number of H-pyrrole nitrogens is 1. The number of aromatic amines is 1. The molecule has 3 aromatic rings. The Labute approximate surface area is 172 Å². The SMILES string of the molecule is COc1cc(N2CC(C(=O)Nc3cccc4cn[nH]c34)CC2=O)cc(OC)c1OC. The number of methoxy groups -OCH3 is 3. The van der Waals surface area contributed by atoms with E-state index in [1.54, 1.807) is 29.3 Å². The smallest absolute Gasteiger partial charge is 0.229 e. The first-order valence-corrected chi connectivity index (χ1v) is 9.39. The number of rotatable bonds is 6. The Morgan fingerprint density at radius 2 is 1.90 bits per heavy atom. The van der Waals surface area contributed by atoms with E-state index < -0.39 is 5.92 Å². The van der Waals surface area contributed by atoms with Gasteiger partial charge in [-0.05, 0) is 6.07 Å². The molecular formula is C21H22N4O5. The van der Waals surface area contributed by atoms with Crippen LogP contribution in [0.25, 0.3) is 10.9 Å². The first-order chi connectivity index (χ1) is 14.5. The van der Waals surface area contributed by atoms with E-state index in [0.29, 0.717) is 28.6 Å². The van der Waals surface area contributed by atoms with Crippen molar-refractivity contribution < 1.29 is 23.8 Å². The van der Waals surface area contributed by atoms with Gasteiger partial charge in [-0.25, -0.2) is 0 Å². The van der Waals surface area contributed by atoms with Gasteiger partial charge in [-0.1, -0.05) is 12.1 Å². The largest absolute Gasteiger partial charge is 0.493 e. The van der Waals surface area contributed by atoms with Gasteiger partial charge < -0.3 is 24.4 Å². The summed E-state index contributed by atoms with van der Waals surface area (Å²) in [6.45, 7) is 0.252. The third-order valence-corrected chi connectivity index (χ3v) is 5.19. The monoisotopic (exact) mass is 410 g/mol. The normalized spacial score (nSPS) is 16.0. The van der Waals surface area contributed by atoms with E-state index in [1.807, 2.05) is 12.1 Å². The molecule has 0 bridgehead atoms. The van der Waals surface area contributed by atoms with E-state index in [4.69, 9.17) is 14.2 Å². The molecule has 2 heterocycles. The van der Waals surface area contributed by atoms with E-state index in [9.17, 15) is 9.59 Å². The van der Waals surface area contributed by atoms with Crippen LogP contribution in [0.1, 0.15) is 6.42 Å². The van der Waals surface area contributed by atoms with Crippen molar-refractivity contribution in [1.29, 1.82) is 0 Å². The molecule has 0 spiro atoms. The number of anilines is 2. The lowest BCUT2D eigenvalue weighted by molar-refractivity contribution is -0.122. The molecule has 9 heteroatoms. The quantitative estimate of drug-likeness (QED) is 0.647. The fourth-order valence-corrected chi connectivity index (χ4v) is 3.66. The summed E-state index contributed by atoms with van der Waals surface area (Å²) in [5.74, 6) is 0.466. The Kier molecular flexibility index (Phi) is 5.18. The Morgan fingerprint density at radius 1 is 1.17 bits per heavy atom. The summed E-state index contributed by atoms with van der Waals surface area (Å²) in [4.78, 5) is 27.1. The van der Waals surface area contributed by atoms with Crippen LogP contribution in [0.2, 0.25) is 0 Å². The third kappa shape index (κ3) is 3.38. The number of hydrogen-bond donors (Lipinski definition) is 2. The topological polar surface area (TPSA) is 106 Å². The minimum absolute atomic E-state index is 0.113. The number of carbonyl (C=O) groups excluding carboxylic acids is 2. The Morgan fingerprint density at radius 3 is 2.57 bits per heavy atom. The van der Waals surface area contributed by atoms with Crippen molar-refractivity contribution in [1.82, 2.24) is 10.2 Å². The van der Waals surface area contributed by atoms with Gasteiger partial charge in [-0.15, -0.1) is 0 Å². The first-order valence-electron chi connectivity index (χ1n) is 9.39. The number of nitrogens with one attached hydrogen (secondary N) is 2. The van der Waals surface area contributed by atoms with E-state index in [0.717, 1.165) is 10.9 Å². The third-order valence-electron chi connectivity index (χ3n) is 5.19. The van der Waals surface area contributed by atoms with Crippen LogP contribution in [0.5, 0.6) is 17.2 Å². The van der Waals surface area contributed by atoms with Crippen molar-refractivity contribution in [2.75, 3.05) is 38.1 Å². The summed E-state index contributed by atoms with van der Waals surface area (Å²) >= 11 is 0. The van der Waals surface area contributed by atoms with E-state index in [-0.39, 0.29) is 24.8 Å². The highest BCUT2D eigenvalue weighted by molar-refractivity contribution is 6.06. The lowest BCUT2D eigenvalue weighted by Crippen LogP contribution is -2.28. The van der Waals surface area contributed by atoms with Crippen LogP contribution in [0.3, 0.4) is 0 Å². The van der Waals surface area contributed by atoms with Crippen molar-refractivity contribution >= 4 is 34.1 Å². The van der Waals surface area contributed by atoms with Crippen LogP contribution in [0.15, 0.2) is 36.5 Å².